The molecule has 7 heteroatoms. The predicted octanol–water partition coefficient (Wildman–Crippen LogP) is -0.368. The number of carboxylic acids is 1. The quantitative estimate of drug-likeness (QED) is 0.425. The van der Waals surface area contributed by atoms with Crippen LogP contribution in [-0.4, -0.2) is 42.6 Å². The second kappa shape index (κ2) is 8.10. The highest BCUT2D eigenvalue weighted by atomic mass is 16.5. The summed E-state index contributed by atoms with van der Waals surface area (Å²) in [7, 11) is 1.42. The van der Waals surface area contributed by atoms with Crippen LogP contribution in [0.15, 0.2) is 11.8 Å². The zero-order chi connectivity index (χ0) is 14.1. The van der Waals surface area contributed by atoms with Gasteiger partial charge in [-0.25, -0.2) is 9.59 Å². The Morgan fingerprint density at radius 1 is 1.39 bits per heavy atom. The Hall–Kier alpha value is -2.05. The van der Waals surface area contributed by atoms with Gasteiger partial charge in [0, 0.05) is 18.8 Å². The Morgan fingerprint density at radius 3 is 2.44 bits per heavy atom. The first-order chi connectivity index (χ1) is 8.40. The minimum atomic E-state index is -1.17. The number of hydrogen-bond acceptors (Lipinski definition) is 5. The molecule has 102 valence electrons. The molecule has 0 heterocycles. The van der Waals surface area contributed by atoms with Crippen LogP contribution in [0, 0.1) is 0 Å². The molecule has 0 aliphatic heterocycles. The van der Waals surface area contributed by atoms with Gasteiger partial charge >= 0.3 is 11.9 Å². The lowest BCUT2D eigenvalue weighted by atomic mass is 10.2. The summed E-state index contributed by atoms with van der Waals surface area (Å²) >= 11 is 0. The van der Waals surface area contributed by atoms with Crippen molar-refractivity contribution in [3.8, 4) is 0 Å². The number of allylic oxidation sites excluding steroid dienone is 1. The molecular formula is C11H18N2O5. The molecule has 1 amide bonds. The third-order valence-corrected chi connectivity index (χ3v) is 1.99. The zero-order valence-corrected chi connectivity index (χ0v) is 10.6. The average molecular weight is 258 g/mol. The van der Waals surface area contributed by atoms with Gasteiger partial charge in [0.1, 0.15) is 6.04 Å². The highest BCUT2D eigenvalue weighted by Crippen LogP contribution is 1.98. The van der Waals surface area contributed by atoms with Gasteiger partial charge in [-0.2, -0.15) is 0 Å². The van der Waals surface area contributed by atoms with Crippen molar-refractivity contribution in [3.05, 3.63) is 11.8 Å². The fourth-order valence-electron chi connectivity index (χ4n) is 1.16. The minimum Gasteiger partial charge on any atom is -0.480 e. The number of hydrogen-bond donors (Lipinski definition) is 3. The van der Waals surface area contributed by atoms with Gasteiger partial charge in [0.15, 0.2) is 0 Å². The van der Waals surface area contributed by atoms with E-state index < -0.39 is 23.9 Å². The summed E-state index contributed by atoms with van der Waals surface area (Å²) < 4.78 is 4.67. The third kappa shape index (κ3) is 6.51. The molecule has 7 nitrogen and oxygen atoms in total. The second-order valence-electron chi connectivity index (χ2n) is 3.49. The Morgan fingerprint density at radius 2 is 2.00 bits per heavy atom. The molecular weight excluding hydrogens is 240 g/mol. The van der Waals surface area contributed by atoms with Crippen LogP contribution >= 0.6 is 0 Å². The number of carboxylic acid groups (broad SMARTS) is 1. The Labute approximate surface area is 105 Å². The summed E-state index contributed by atoms with van der Waals surface area (Å²) in [5.74, 6) is -2.14. The van der Waals surface area contributed by atoms with Gasteiger partial charge in [0.25, 0.3) is 0 Å². The topological polar surface area (TPSA) is 105 Å². The summed E-state index contributed by atoms with van der Waals surface area (Å²) in [4.78, 5) is 33.1. The number of nitrogens with one attached hydrogen (secondary N) is 2. The molecule has 0 spiro atoms. The van der Waals surface area contributed by atoms with Crippen molar-refractivity contribution in [2.45, 2.75) is 26.3 Å². The molecule has 0 aromatic carbocycles. The molecule has 0 rings (SSSR count). The molecule has 0 saturated heterocycles. The van der Waals surface area contributed by atoms with E-state index in [0.717, 1.165) is 6.08 Å². The van der Waals surface area contributed by atoms with Crippen LogP contribution < -0.4 is 10.6 Å². The molecule has 0 radical (unpaired) electrons. The summed E-state index contributed by atoms with van der Waals surface area (Å²) in [5.41, 5.74) is 0.324. The number of carbonyl (C=O) groups excluding carboxylic acids is 2. The van der Waals surface area contributed by atoms with E-state index in [4.69, 9.17) is 5.11 Å². The maximum Gasteiger partial charge on any atom is 0.332 e. The van der Waals surface area contributed by atoms with Gasteiger partial charge < -0.3 is 20.5 Å². The summed E-state index contributed by atoms with van der Waals surface area (Å²) in [6, 6.07) is -1.09. The maximum absolute atomic E-state index is 11.1. The van der Waals surface area contributed by atoms with Crippen molar-refractivity contribution in [2.75, 3.05) is 13.7 Å². The Bertz CT molecular complexity index is 351. The van der Waals surface area contributed by atoms with Crippen molar-refractivity contribution >= 4 is 17.8 Å². The van der Waals surface area contributed by atoms with Crippen molar-refractivity contribution < 1.29 is 24.2 Å². The van der Waals surface area contributed by atoms with E-state index >= 15 is 0 Å². The van der Waals surface area contributed by atoms with Crippen LogP contribution in [0.2, 0.25) is 0 Å². The van der Waals surface area contributed by atoms with Gasteiger partial charge in [-0.05, 0) is 13.8 Å². The van der Waals surface area contributed by atoms with Crippen molar-refractivity contribution in [1.82, 2.24) is 10.6 Å². The molecule has 0 aliphatic carbocycles. The first-order valence-electron chi connectivity index (χ1n) is 5.45. The van der Waals surface area contributed by atoms with Crippen molar-refractivity contribution in [3.63, 3.8) is 0 Å². The molecule has 0 saturated carbocycles. The van der Waals surface area contributed by atoms with Crippen molar-refractivity contribution in [1.29, 1.82) is 0 Å². The van der Waals surface area contributed by atoms with Crippen LogP contribution in [0.4, 0.5) is 0 Å². The van der Waals surface area contributed by atoms with Gasteiger partial charge in [-0.15, -0.1) is 0 Å². The lowest BCUT2D eigenvalue weighted by Gasteiger charge is -2.15. The average Bonchev–Trinajstić information content (AvgIpc) is 2.27. The fraction of sp³-hybridized carbons (Fsp3) is 0.545. The minimum absolute atomic E-state index is 0.222. The number of amides is 1. The molecule has 0 unspecified atom stereocenters. The Kier molecular flexibility index (Phi) is 7.18. The molecule has 1 atom stereocenters. The summed E-state index contributed by atoms with van der Waals surface area (Å²) in [6.07, 6.45) is 0.920. The molecule has 18 heavy (non-hydrogen) atoms. The lowest BCUT2D eigenvalue weighted by molar-refractivity contribution is -0.141. The Balaban J connectivity index is 4.54. The molecule has 0 fully saturated rings. The number of ether oxygens (including phenoxy) is 1. The second-order valence-corrected chi connectivity index (χ2v) is 3.49. The maximum atomic E-state index is 11.1. The smallest absolute Gasteiger partial charge is 0.332 e. The monoisotopic (exact) mass is 258 g/mol. The lowest BCUT2D eigenvalue weighted by Crippen LogP contribution is -2.39. The van der Waals surface area contributed by atoms with Gasteiger partial charge in [0.2, 0.25) is 5.91 Å². The summed E-state index contributed by atoms with van der Waals surface area (Å²) in [5, 5.41) is 13.8. The van der Waals surface area contributed by atoms with Crippen LogP contribution in [0.25, 0.3) is 0 Å². The largest absolute Gasteiger partial charge is 0.480 e. The normalized spacial score (nSPS) is 12.5. The van der Waals surface area contributed by atoms with Gasteiger partial charge in [0.05, 0.1) is 13.0 Å². The number of carbonyl (C=O) groups is 3. The SMILES string of the molecule is CCOC(=O)/C=C(/C)N[C@H](CC(=O)NC)C(=O)O. The highest BCUT2D eigenvalue weighted by Gasteiger charge is 2.20. The predicted molar refractivity (Wildman–Crippen MR) is 63.6 cm³/mol. The number of rotatable bonds is 7. The van der Waals surface area contributed by atoms with E-state index in [2.05, 4.69) is 15.4 Å². The molecule has 0 aromatic heterocycles. The van der Waals surface area contributed by atoms with E-state index in [1.165, 1.54) is 14.0 Å². The van der Waals surface area contributed by atoms with Gasteiger partial charge in [-0.3, -0.25) is 4.79 Å². The first-order valence-corrected chi connectivity index (χ1v) is 5.45. The van der Waals surface area contributed by atoms with Crippen molar-refractivity contribution in [2.24, 2.45) is 0 Å². The molecule has 0 aromatic rings. The van der Waals surface area contributed by atoms with Crippen LogP contribution in [0.3, 0.4) is 0 Å². The van der Waals surface area contributed by atoms with Crippen LogP contribution in [0.1, 0.15) is 20.3 Å². The van der Waals surface area contributed by atoms with Crippen LogP contribution in [-0.2, 0) is 19.1 Å². The van der Waals surface area contributed by atoms with Crippen LogP contribution in [0.5, 0.6) is 0 Å². The van der Waals surface area contributed by atoms with E-state index in [9.17, 15) is 14.4 Å². The summed E-state index contributed by atoms with van der Waals surface area (Å²) in [6.45, 7) is 3.43. The zero-order valence-electron chi connectivity index (χ0n) is 10.6. The third-order valence-electron chi connectivity index (χ3n) is 1.99. The molecule has 3 N–H and O–H groups in total. The number of esters is 1. The van der Waals surface area contributed by atoms with E-state index in [1.807, 2.05) is 0 Å². The fourth-order valence-corrected chi connectivity index (χ4v) is 1.16. The molecule has 0 bridgehead atoms. The van der Waals surface area contributed by atoms with E-state index in [0.29, 0.717) is 5.70 Å². The highest BCUT2D eigenvalue weighted by molar-refractivity contribution is 5.85. The molecule has 0 aliphatic rings. The van der Waals surface area contributed by atoms with Gasteiger partial charge in [-0.1, -0.05) is 0 Å². The van der Waals surface area contributed by atoms with E-state index in [-0.39, 0.29) is 13.0 Å². The first kappa shape index (κ1) is 16.0. The van der Waals surface area contributed by atoms with E-state index in [1.54, 1.807) is 6.92 Å². The number of aliphatic carboxylic acids is 1. The standard InChI is InChI=1S/C11H18N2O5/c1-4-18-10(15)5-7(2)13-8(11(16)17)6-9(14)12-3/h5,8,13H,4,6H2,1-3H3,(H,12,14)(H,16,17)/b7-5-/t8-/m1/s1.